The monoisotopic (exact) mass is 323 g/mol. The highest BCUT2D eigenvalue weighted by Crippen LogP contribution is 2.58. The third kappa shape index (κ3) is 3.02. The average molecular weight is 323 g/mol. The van der Waals surface area contributed by atoms with Gasteiger partial charge in [-0.2, -0.15) is 0 Å². The summed E-state index contributed by atoms with van der Waals surface area (Å²) in [5.74, 6) is 1.34. The maximum atomic E-state index is 12.7. The number of nitrogens with zero attached hydrogens (tertiary/aromatic N) is 1. The minimum atomic E-state index is -0.422. The molecule has 24 heavy (non-hydrogen) atoms. The molecule has 2 fully saturated rings. The van der Waals surface area contributed by atoms with E-state index in [1.54, 1.807) is 0 Å². The summed E-state index contributed by atoms with van der Waals surface area (Å²) in [6.45, 7) is 14.0. The van der Waals surface area contributed by atoms with Crippen LogP contribution >= 0.6 is 0 Å². The first-order valence-electron chi connectivity index (χ1n) is 9.31. The lowest BCUT2D eigenvalue weighted by Crippen LogP contribution is -2.55. The third-order valence-corrected chi connectivity index (χ3v) is 6.77. The first kappa shape index (κ1) is 17.2. The molecule has 1 aromatic carbocycles. The zero-order valence-electron chi connectivity index (χ0n) is 15.2. The fourth-order valence-corrected chi connectivity index (χ4v) is 5.61. The summed E-state index contributed by atoms with van der Waals surface area (Å²) in [6.07, 6.45) is 6.68. The molecule has 0 aromatic heterocycles. The molecule has 2 saturated carbocycles. The van der Waals surface area contributed by atoms with Gasteiger partial charge in [-0.05, 0) is 48.5 Å². The van der Waals surface area contributed by atoms with Gasteiger partial charge in [-0.3, -0.25) is 4.79 Å². The van der Waals surface area contributed by atoms with Gasteiger partial charge in [-0.15, -0.1) is 0 Å². The van der Waals surface area contributed by atoms with Crippen molar-refractivity contribution in [1.82, 2.24) is 0 Å². The number of benzene rings is 1. The molecule has 0 heterocycles. The van der Waals surface area contributed by atoms with Gasteiger partial charge in [-0.25, -0.2) is 6.57 Å². The quantitative estimate of drug-likeness (QED) is 0.689. The summed E-state index contributed by atoms with van der Waals surface area (Å²) in [6, 6.07) is 10.3. The molecule has 0 aliphatic heterocycles. The van der Waals surface area contributed by atoms with Crippen molar-refractivity contribution in [2.24, 2.45) is 22.7 Å². The van der Waals surface area contributed by atoms with Crippen molar-refractivity contribution < 1.29 is 4.79 Å². The standard InChI is InChI=1S/C22H29NO/c1-21(2)19-13-12-17(11-10-16-8-6-5-7-9-16)14-22(19,3)15-18(23-4)20(21)24/h5-9,17-19H,10-15H2,1-3H3/t17-,18?,19-,22-/m0/s1. The Balaban J connectivity index is 1.71. The Labute approximate surface area is 146 Å². The Morgan fingerprint density at radius 3 is 2.50 bits per heavy atom. The number of aryl methyl sites for hydroxylation is 1. The van der Waals surface area contributed by atoms with Gasteiger partial charge in [0.15, 0.2) is 0 Å². The van der Waals surface area contributed by atoms with Crippen LogP contribution < -0.4 is 0 Å². The van der Waals surface area contributed by atoms with Crippen LogP contribution in [0.3, 0.4) is 0 Å². The number of carbonyl (C=O) groups is 1. The van der Waals surface area contributed by atoms with Crippen LogP contribution in [0.25, 0.3) is 4.85 Å². The van der Waals surface area contributed by atoms with Crippen molar-refractivity contribution in [3.63, 3.8) is 0 Å². The van der Waals surface area contributed by atoms with Gasteiger partial charge in [0.2, 0.25) is 5.78 Å². The van der Waals surface area contributed by atoms with Crippen LogP contribution in [0.4, 0.5) is 0 Å². The van der Waals surface area contributed by atoms with Crippen LogP contribution in [0.1, 0.15) is 58.4 Å². The van der Waals surface area contributed by atoms with E-state index in [0.29, 0.717) is 5.92 Å². The Kier molecular flexibility index (Phi) is 4.56. The molecule has 0 saturated heterocycles. The number of rotatable bonds is 3. The normalized spacial score (nSPS) is 35.1. The van der Waals surface area contributed by atoms with Gasteiger partial charge in [-0.1, -0.05) is 57.5 Å². The van der Waals surface area contributed by atoms with Crippen molar-refractivity contribution in [2.45, 2.75) is 65.3 Å². The molecular formula is C22H29NO. The number of hydrogen-bond donors (Lipinski definition) is 0. The molecule has 2 aliphatic rings. The van der Waals surface area contributed by atoms with Gasteiger partial charge >= 0.3 is 0 Å². The maximum Gasteiger partial charge on any atom is 0.281 e. The molecule has 0 radical (unpaired) electrons. The molecule has 1 aromatic rings. The fourth-order valence-electron chi connectivity index (χ4n) is 5.61. The molecule has 2 aliphatic carbocycles. The van der Waals surface area contributed by atoms with Gasteiger partial charge in [0.05, 0.1) is 0 Å². The zero-order chi connectivity index (χ0) is 17.4. The Morgan fingerprint density at radius 1 is 1.12 bits per heavy atom. The summed E-state index contributed by atoms with van der Waals surface area (Å²) in [7, 11) is 0. The third-order valence-electron chi connectivity index (χ3n) is 6.77. The minimum absolute atomic E-state index is 0.145. The highest BCUT2D eigenvalue weighted by Gasteiger charge is 2.58. The molecule has 0 amide bonds. The first-order chi connectivity index (χ1) is 11.4. The number of ketones is 1. The number of Topliss-reactive ketones (excluding diaryl/α,β-unsaturated/α-hetero) is 1. The maximum absolute atomic E-state index is 12.7. The first-order valence-corrected chi connectivity index (χ1v) is 9.31. The van der Waals surface area contributed by atoms with E-state index in [9.17, 15) is 4.79 Å². The second-order valence-corrected chi connectivity index (χ2v) is 8.81. The van der Waals surface area contributed by atoms with Crippen LogP contribution in [0.5, 0.6) is 0 Å². The molecule has 4 atom stereocenters. The highest BCUT2D eigenvalue weighted by molar-refractivity contribution is 5.91. The Morgan fingerprint density at radius 2 is 1.83 bits per heavy atom. The average Bonchev–Trinajstić information content (AvgIpc) is 2.57. The highest BCUT2D eigenvalue weighted by atomic mass is 16.1. The van der Waals surface area contributed by atoms with Crippen molar-refractivity contribution in [3.8, 4) is 0 Å². The molecule has 1 unspecified atom stereocenters. The van der Waals surface area contributed by atoms with Crippen LogP contribution in [-0.2, 0) is 11.2 Å². The van der Waals surface area contributed by atoms with Crippen LogP contribution in [0.15, 0.2) is 30.3 Å². The predicted octanol–water partition coefficient (Wildman–Crippen LogP) is 5.33. The van der Waals surface area contributed by atoms with Crippen molar-refractivity contribution in [2.75, 3.05) is 0 Å². The zero-order valence-corrected chi connectivity index (χ0v) is 15.2. The van der Waals surface area contributed by atoms with E-state index in [2.05, 4.69) is 55.9 Å². The van der Waals surface area contributed by atoms with Crippen LogP contribution in [0.2, 0.25) is 0 Å². The largest absolute Gasteiger partial charge is 0.305 e. The summed E-state index contributed by atoms with van der Waals surface area (Å²) in [5.41, 5.74) is 1.22. The van der Waals surface area contributed by atoms with Crippen molar-refractivity contribution in [1.29, 1.82) is 0 Å². The molecule has 0 N–H and O–H groups in total. The van der Waals surface area contributed by atoms with Gasteiger partial charge in [0.1, 0.15) is 0 Å². The Bertz CT molecular complexity index is 642. The second kappa shape index (κ2) is 6.36. The lowest BCUT2D eigenvalue weighted by atomic mass is 9.48. The van der Waals surface area contributed by atoms with E-state index < -0.39 is 6.04 Å². The van der Waals surface area contributed by atoms with Gasteiger partial charge in [0.25, 0.3) is 6.04 Å². The van der Waals surface area contributed by atoms with E-state index >= 15 is 0 Å². The van der Waals surface area contributed by atoms with Crippen molar-refractivity contribution in [3.05, 3.63) is 47.3 Å². The van der Waals surface area contributed by atoms with Gasteiger partial charge in [0, 0.05) is 11.8 Å². The SMILES string of the molecule is [C-]#[N+]C1C[C@]2(C)C[C@@H](CCc3ccccc3)CC[C@H]2C(C)(C)C1=O. The summed E-state index contributed by atoms with van der Waals surface area (Å²) in [4.78, 5) is 16.3. The van der Waals surface area contributed by atoms with E-state index in [4.69, 9.17) is 6.57 Å². The summed E-state index contributed by atoms with van der Waals surface area (Å²) < 4.78 is 0. The second-order valence-electron chi connectivity index (χ2n) is 8.81. The molecule has 2 nitrogen and oxygen atoms in total. The van der Waals surface area contributed by atoms with Crippen molar-refractivity contribution >= 4 is 5.78 Å². The number of fused-ring (bicyclic) bond motifs is 1. The van der Waals surface area contributed by atoms with E-state index in [-0.39, 0.29) is 16.6 Å². The lowest BCUT2D eigenvalue weighted by Gasteiger charge is -2.54. The number of carbonyl (C=O) groups excluding carboxylic acids is 1. The Hall–Kier alpha value is -1.62. The molecular weight excluding hydrogens is 294 g/mol. The molecule has 0 bridgehead atoms. The smallest absolute Gasteiger partial charge is 0.281 e. The summed E-state index contributed by atoms with van der Waals surface area (Å²) in [5, 5.41) is 0. The van der Waals surface area contributed by atoms with Crippen LogP contribution in [0, 0.1) is 29.2 Å². The van der Waals surface area contributed by atoms with E-state index in [1.165, 1.54) is 24.8 Å². The van der Waals surface area contributed by atoms with Gasteiger partial charge < -0.3 is 4.85 Å². The number of hydrogen-bond acceptors (Lipinski definition) is 1. The van der Waals surface area contributed by atoms with E-state index in [1.807, 2.05) is 0 Å². The predicted molar refractivity (Wildman–Crippen MR) is 97.5 cm³/mol. The van der Waals surface area contributed by atoms with E-state index in [0.717, 1.165) is 25.2 Å². The fraction of sp³-hybridized carbons (Fsp3) is 0.636. The molecule has 3 rings (SSSR count). The summed E-state index contributed by atoms with van der Waals surface area (Å²) >= 11 is 0. The minimum Gasteiger partial charge on any atom is -0.305 e. The van der Waals surface area contributed by atoms with Crippen LogP contribution in [-0.4, -0.2) is 11.8 Å². The topological polar surface area (TPSA) is 21.4 Å². The molecule has 2 heteroatoms. The molecule has 0 spiro atoms. The lowest BCUT2D eigenvalue weighted by molar-refractivity contribution is -0.145. The molecule has 128 valence electrons.